The SMILES string of the molecule is CC(C)Cc1nnc(/N=C/c2ccc(N(C)C)cc2)s1. The molecule has 4 nitrogen and oxygen atoms in total. The zero-order valence-electron chi connectivity index (χ0n) is 12.4. The second-order valence-electron chi connectivity index (χ2n) is 5.32. The molecule has 0 spiro atoms. The number of hydrogen-bond acceptors (Lipinski definition) is 5. The molecule has 20 heavy (non-hydrogen) atoms. The lowest BCUT2D eigenvalue weighted by molar-refractivity contribution is 0.640. The van der Waals surface area contributed by atoms with Crippen molar-refractivity contribution in [1.82, 2.24) is 10.2 Å². The summed E-state index contributed by atoms with van der Waals surface area (Å²) in [4.78, 5) is 6.46. The molecule has 5 heteroatoms. The smallest absolute Gasteiger partial charge is 0.231 e. The Labute approximate surface area is 124 Å². The number of anilines is 1. The van der Waals surface area contributed by atoms with Crippen LogP contribution in [0.4, 0.5) is 10.8 Å². The highest BCUT2D eigenvalue weighted by molar-refractivity contribution is 7.14. The van der Waals surface area contributed by atoms with Gasteiger partial charge in [0.05, 0.1) is 0 Å². The van der Waals surface area contributed by atoms with Crippen LogP contribution in [0.2, 0.25) is 0 Å². The molecule has 0 aliphatic carbocycles. The maximum Gasteiger partial charge on any atom is 0.231 e. The Morgan fingerprint density at radius 1 is 1.20 bits per heavy atom. The summed E-state index contributed by atoms with van der Waals surface area (Å²) in [7, 11) is 4.06. The fraction of sp³-hybridized carbons (Fsp3) is 0.400. The molecule has 0 N–H and O–H groups in total. The van der Waals surface area contributed by atoms with Crippen LogP contribution in [0.15, 0.2) is 29.3 Å². The Bertz CT molecular complexity index is 570. The third-order valence-electron chi connectivity index (χ3n) is 2.77. The largest absolute Gasteiger partial charge is 0.378 e. The molecule has 2 aromatic rings. The predicted molar refractivity (Wildman–Crippen MR) is 86.5 cm³/mol. The van der Waals surface area contributed by atoms with Gasteiger partial charge in [-0.2, -0.15) is 0 Å². The van der Waals surface area contributed by atoms with Crippen LogP contribution in [0.5, 0.6) is 0 Å². The lowest BCUT2D eigenvalue weighted by Gasteiger charge is -2.11. The van der Waals surface area contributed by atoms with Gasteiger partial charge in [0.25, 0.3) is 0 Å². The Morgan fingerprint density at radius 2 is 1.90 bits per heavy atom. The molecule has 0 bridgehead atoms. The van der Waals surface area contributed by atoms with E-state index in [0.717, 1.165) is 22.1 Å². The molecule has 0 radical (unpaired) electrons. The van der Waals surface area contributed by atoms with Crippen molar-refractivity contribution in [2.24, 2.45) is 10.9 Å². The Morgan fingerprint density at radius 3 is 2.50 bits per heavy atom. The number of nitrogens with zero attached hydrogens (tertiary/aromatic N) is 4. The zero-order chi connectivity index (χ0) is 14.5. The van der Waals surface area contributed by atoms with Crippen LogP contribution in [0.25, 0.3) is 0 Å². The van der Waals surface area contributed by atoms with E-state index in [4.69, 9.17) is 0 Å². The quantitative estimate of drug-likeness (QED) is 0.790. The average molecular weight is 288 g/mol. The topological polar surface area (TPSA) is 41.4 Å². The summed E-state index contributed by atoms with van der Waals surface area (Å²) in [5.41, 5.74) is 2.24. The van der Waals surface area contributed by atoms with Crippen molar-refractivity contribution >= 4 is 28.4 Å². The normalized spacial score (nSPS) is 11.4. The summed E-state index contributed by atoms with van der Waals surface area (Å²) in [5.74, 6) is 0.596. The lowest BCUT2D eigenvalue weighted by atomic mass is 10.1. The molecular formula is C15H20N4S. The van der Waals surface area contributed by atoms with Gasteiger partial charge in [0.1, 0.15) is 5.01 Å². The van der Waals surface area contributed by atoms with E-state index in [1.54, 1.807) is 11.3 Å². The van der Waals surface area contributed by atoms with E-state index >= 15 is 0 Å². The Kier molecular flexibility index (Phi) is 4.84. The standard InChI is InChI=1S/C15H20N4S/c1-11(2)9-14-17-18-15(20-14)16-10-12-5-7-13(8-6-12)19(3)4/h5-8,10-11H,9H2,1-4H3/b16-10+. The summed E-state index contributed by atoms with van der Waals surface area (Å²) in [6.07, 6.45) is 2.80. The monoisotopic (exact) mass is 288 g/mol. The molecule has 2 rings (SSSR count). The van der Waals surface area contributed by atoms with Gasteiger partial charge in [0.15, 0.2) is 0 Å². The van der Waals surface area contributed by atoms with Crippen molar-refractivity contribution in [1.29, 1.82) is 0 Å². The molecule has 0 fully saturated rings. The van der Waals surface area contributed by atoms with Gasteiger partial charge < -0.3 is 4.90 Å². The molecule has 0 saturated heterocycles. The lowest BCUT2D eigenvalue weighted by Crippen LogP contribution is -2.08. The van der Waals surface area contributed by atoms with Gasteiger partial charge in [-0.3, -0.25) is 0 Å². The molecule has 0 amide bonds. The van der Waals surface area contributed by atoms with E-state index in [-0.39, 0.29) is 0 Å². The number of aromatic nitrogens is 2. The van der Waals surface area contributed by atoms with Gasteiger partial charge in [0, 0.05) is 32.4 Å². The van der Waals surface area contributed by atoms with Gasteiger partial charge >= 0.3 is 0 Å². The van der Waals surface area contributed by atoms with Crippen molar-refractivity contribution in [3.05, 3.63) is 34.8 Å². The van der Waals surface area contributed by atoms with E-state index in [1.807, 2.05) is 20.3 Å². The summed E-state index contributed by atoms with van der Waals surface area (Å²) >= 11 is 1.56. The second-order valence-corrected chi connectivity index (χ2v) is 6.36. The van der Waals surface area contributed by atoms with Crippen LogP contribution in [-0.4, -0.2) is 30.5 Å². The third kappa shape index (κ3) is 4.13. The number of rotatable bonds is 5. The first-order valence-electron chi connectivity index (χ1n) is 6.68. The van der Waals surface area contributed by atoms with E-state index in [1.165, 1.54) is 5.69 Å². The fourth-order valence-electron chi connectivity index (χ4n) is 1.72. The van der Waals surface area contributed by atoms with Crippen LogP contribution in [0.3, 0.4) is 0 Å². The first kappa shape index (κ1) is 14.7. The zero-order valence-corrected chi connectivity index (χ0v) is 13.2. The van der Waals surface area contributed by atoms with Gasteiger partial charge in [-0.15, -0.1) is 10.2 Å². The molecular weight excluding hydrogens is 268 g/mol. The highest BCUT2D eigenvalue weighted by atomic mass is 32.1. The first-order chi connectivity index (χ1) is 9.54. The average Bonchev–Trinajstić information content (AvgIpc) is 2.83. The second kappa shape index (κ2) is 6.61. The minimum absolute atomic E-state index is 0.596. The summed E-state index contributed by atoms with van der Waals surface area (Å²) in [6.45, 7) is 4.35. The van der Waals surface area contributed by atoms with Gasteiger partial charge in [-0.1, -0.05) is 37.3 Å². The van der Waals surface area contributed by atoms with Gasteiger partial charge in [-0.05, 0) is 23.6 Å². The molecule has 106 valence electrons. The van der Waals surface area contributed by atoms with Crippen LogP contribution in [0, 0.1) is 5.92 Å². The van der Waals surface area contributed by atoms with Crippen molar-refractivity contribution in [2.45, 2.75) is 20.3 Å². The molecule has 0 saturated carbocycles. The van der Waals surface area contributed by atoms with Gasteiger partial charge in [0.2, 0.25) is 5.13 Å². The molecule has 1 aromatic carbocycles. The summed E-state index contributed by atoms with van der Waals surface area (Å²) < 4.78 is 0. The van der Waals surface area contributed by atoms with E-state index in [9.17, 15) is 0 Å². The summed E-state index contributed by atoms with van der Waals surface area (Å²) in [6, 6.07) is 8.25. The molecule has 0 aliphatic rings. The summed E-state index contributed by atoms with van der Waals surface area (Å²) in [5, 5.41) is 10.0. The molecule has 0 atom stereocenters. The van der Waals surface area contributed by atoms with Crippen molar-refractivity contribution in [2.75, 3.05) is 19.0 Å². The molecule has 1 aromatic heterocycles. The van der Waals surface area contributed by atoms with Crippen LogP contribution < -0.4 is 4.90 Å². The van der Waals surface area contributed by atoms with Crippen LogP contribution >= 0.6 is 11.3 Å². The highest BCUT2D eigenvalue weighted by Gasteiger charge is 2.04. The maximum absolute atomic E-state index is 4.39. The maximum atomic E-state index is 4.39. The van der Waals surface area contributed by atoms with Crippen LogP contribution in [0.1, 0.15) is 24.4 Å². The third-order valence-corrected chi connectivity index (χ3v) is 3.63. The van der Waals surface area contributed by atoms with Crippen LogP contribution in [-0.2, 0) is 6.42 Å². The Hall–Kier alpha value is -1.75. The Balaban J connectivity index is 2.03. The van der Waals surface area contributed by atoms with Crippen molar-refractivity contribution < 1.29 is 0 Å². The highest BCUT2D eigenvalue weighted by Crippen LogP contribution is 2.21. The minimum atomic E-state index is 0.596. The molecule has 1 heterocycles. The van der Waals surface area contributed by atoms with Crippen molar-refractivity contribution in [3.8, 4) is 0 Å². The van der Waals surface area contributed by atoms with Gasteiger partial charge in [-0.25, -0.2) is 4.99 Å². The predicted octanol–water partition coefficient (Wildman–Crippen LogP) is 3.55. The number of hydrogen-bond donors (Lipinski definition) is 0. The molecule has 0 unspecified atom stereocenters. The fourth-order valence-corrected chi connectivity index (χ4v) is 2.61. The minimum Gasteiger partial charge on any atom is -0.378 e. The molecule has 0 aliphatic heterocycles. The first-order valence-corrected chi connectivity index (χ1v) is 7.50. The van der Waals surface area contributed by atoms with E-state index < -0.39 is 0 Å². The van der Waals surface area contributed by atoms with E-state index in [0.29, 0.717) is 5.92 Å². The number of aliphatic imine (C=N–C) groups is 1. The van der Waals surface area contributed by atoms with Crippen molar-refractivity contribution in [3.63, 3.8) is 0 Å². The number of benzene rings is 1. The van der Waals surface area contributed by atoms with E-state index in [2.05, 4.69) is 58.2 Å².